The number of aliphatic hydroxyl groups is 1. The minimum atomic E-state index is 0.234. The average molecular weight is 265 g/mol. The summed E-state index contributed by atoms with van der Waals surface area (Å²) in [5.74, 6) is 1.73. The molecule has 1 rings (SSSR count). The molecule has 0 heterocycles. The Balaban J connectivity index is 2.77. The van der Waals surface area contributed by atoms with Gasteiger partial charge in [0, 0.05) is 31.8 Å². The summed E-state index contributed by atoms with van der Waals surface area (Å²) < 4.78 is 5.55. The van der Waals surface area contributed by atoms with Crippen molar-refractivity contribution in [3.8, 4) is 5.75 Å². The lowest BCUT2D eigenvalue weighted by Crippen LogP contribution is -2.30. The highest BCUT2D eigenvalue weighted by atomic mass is 16.5. The Morgan fingerprint density at radius 3 is 2.47 bits per heavy atom. The molecule has 0 spiro atoms. The van der Waals surface area contributed by atoms with Crippen LogP contribution in [0.2, 0.25) is 0 Å². The first-order chi connectivity index (χ1) is 8.99. The maximum Gasteiger partial charge on any atom is 0.122 e. The molecule has 0 fully saturated rings. The summed E-state index contributed by atoms with van der Waals surface area (Å²) in [6.07, 6.45) is 0. The van der Waals surface area contributed by atoms with E-state index in [0.29, 0.717) is 18.4 Å². The lowest BCUT2D eigenvalue weighted by Gasteiger charge is -2.27. The zero-order valence-corrected chi connectivity index (χ0v) is 12.8. The van der Waals surface area contributed by atoms with E-state index in [-0.39, 0.29) is 6.61 Å². The molecule has 1 N–H and O–H groups in total. The fraction of sp³-hybridized carbons (Fsp3) is 0.625. The molecule has 0 aromatic heterocycles. The number of ether oxygens (including phenoxy) is 1. The highest BCUT2D eigenvalue weighted by Gasteiger charge is 2.15. The van der Waals surface area contributed by atoms with E-state index in [1.165, 1.54) is 5.69 Å². The number of anilines is 1. The molecule has 1 atom stereocenters. The van der Waals surface area contributed by atoms with Gasteiger partial charge in [-0.1, -0.05) is 13.8 Å². The fourth-order valence-electron chi connectivity index (χ4n) is 2.13. The second kappa shape index (κ2) is 7.39. The van der Waals surface area contributed by atoms with E-state index in [1.807, 2.05) is 13.0 Å². The van der Waals surface area contributed by atoms with E-state index in [9.17, 15) is 5.11 Å². The first-order valence-electron chi connectivity index (χ1n) is 7.05. The molecule has 1 aromatic carbocycles. The Morgan fingerprint density at radius 2 is 2.00 bits per heavy atom. The van der Waals surface area contributed by atoms with E-state index in [2.05, 4.69) is 44.9 Å². The predicted molar refractivity (Wildman–Crippen MR) is 81.0 cm³/mol. The number of hydrogen-bond donors (Lipinski definition) is 1. The lowest BCUT2D eigenvalue weighted by molar-refractivity contribution is 0.193. The summed E-state index contributed by atoms with van der Waals surface area (Å²) in [5.41, 5.74) is 2.32. The van der Waals surface area contributed by atoms with Gasteiger partial charge in [0.15, 0.2) is 0 Å². The fourth-order valence-corrected chi connectivity index (χ4v) is 2.13. The Morgan fingerprint density at radius 1 is 1.32 bits per heavy atom. The number of nitrogens with zero attached hydrogens (tertiary/aromatic N) is 1. The third-order valence-corrected chi connectivity index (χ3v) is 3.58. The molecule has 0 aliphatic heterocycles. The van der Waals surface area contributed by atoms with Gasteiger partial charge in [0.25, 0.3) is 0 Å². The molecule has 108 valence electrons. The van der Waals surface area contributed by atoms with Crippen molar-refractivity contribution in [1.29, 1.82) is 0 Å². The molecule has 0 radical (unpaired) electrons. The summed E-state index contributed by atoms with van der Waals surface area (Å²) in [6.45, 7) is 10.1. The Kier molecular flexibility index (Phi) is 6.16. The van der Waals surface area contributed by atoms with Crippen LogP contribution in [0.25, 0.3) is 0 Å². The van der Waals surface area contributed by atoms with Gasteiger partial charge >= 0.3 is 0 Å². The standard InChI is InChI=1S/C16H27NO2/c1-6-19-16-8-7-15(9-13(16)4)17(5)10-14(11-18)12(2)3/h7-9,12,14,18H,6,10-11H2,1-5H3. The van der Waals surface area contributed by atoms with Crippen LogP contribution in [-0.2, 0) is 0 Å². The Hall–Kier alpha value is -1.22. The Bertz CT molecular complexity index is 390. The molecule has 1 aromatic rings. The molecule has 3 heteroatoms. The third-order valence-electron chi connectivity index (χ3n) is 3.58. The lowest BCUT2D eigenvalue weighted by atomic mass is 9.96. The van der Waals surface area contributed by atoms with Crippen LogP contribution in [0.5, 0.6) is 5.75 Å². The van der Waals surface area contributed by atoms with Crippen molar-refractivity contribution in [1.82, 2.24) is 0 Å². The quantitative estimate of drug-likeness (QED) is 0.822. The van der Waals surface area contributed by atoms with E-state index in [4.69, 9.17) is 4.74 Å². The van der Waals surface area contributed by atoms with Gasteiger partial charge in [0.1, 0.15) is 5.75 Å². The van der Waals surface area contributed by atoms with Gasteiger partial charge in [-0.25, -0.2) is 0 Å². The molecule has 19 heavy (non-hydrogen) atoms. The number of benzene rings is 1. The summed E-state index contributed by atoms with van der Waals surface area (Å²) >= 11 is 0. The molecule has 0 saturated heterocycles. The summed E-state index contributed by atoms with van der Waals surface area (Å²) in [5, 5.41) is 9.41. The summed E-state index contributed by atoms with van der Waals surface area (Å²) in [6, 6.07) is 6.24. The van der Waals surface area contributed by atoms with E-state index < -0.39 is 0 Å². The first kappa shape index (κ1) is 15.8. The minimum absolute atomic E-state index is 0.234. The molecule has 0 aliphatic rings. The monoisotopic (exact) mass is 265 g/mol. The van der Waals surface area contributed by atoms with Gasteiger partial charge in [0.05, 0.1) is 6.61 Å². The van der Waals surface area contributed by atoms with Crippen molar-refractivity contribution < 1.29 is 9.84 Å². The first-order valence-corrected chi connectivity index (χ1v) is 7.05. The van der Waals surface area contributed by atoms with Crippen molar-refractivity contribution in [2.75, 3.05) is 31.7 Å². The van der Waals surface area contributed by atoms with Crippen molar-refractivity contribution in [2.45, 2.75) is 27.7 Å². The number of aryl methyl sites for hydroxylation is 1. The molecule has 0 aliphatic carbocycles. The second-order valence-electron chi connectivity index (χ2n) is 5.45. The summed E-state index contributed by atoms with van der Waals surface area (Å²) in [7, 11) is 2.07. The smallest absolute Gasteiger partial charge is 0.122 e. The van der Waals surface area contributed by atoms with Crippen molar-refractivity contribution in [2.24, 2.45) is 11.8 Å². The highest BCUT2D eigenvalue weighted by molar-refractivity contribution is 5.52. The van der Waals surface area contributed by atoms with Crippen molar-refractivity contribution in [3.63, 3.8) is 0 Å². The number of aliphatic hydroxyl groups excluding tert-OH is 1. The van der Waals surface area contributed by atoms with E-state index >= 15 is 0 Å². The van der Waals surface area contributed by atoms with Gasteiger partial charge in [-0.3, -0.25) is 0 Å². The normalized spacial score (nSPS) is 12.6. The molecular formula is C16H27NO2. The van der Waals surface area contributed by atoms with E-state index in [0.717, 1.165) is 17.9 Å². The topological polar surface area (TPSA) is 32.7 Å². The van der Waals surface area contributed by atoms with Crippen LogP contribution in [0.3, 0.4) is 0 Å². The number of rotatable bonds is 7. The minimum Gasteiger partial charge on any atom is -0.494 e. The zero-order chi connectivity index (χ0) is 14.4. The molecule has 1 unspecified atom stereocenters. The van der Waals surface area contributed by atoms with Gasteiger partial charge in [-0.2, -0.15) is 0 Å². The number of hydrogen-bond acceptors (Lipinski definition) is 3. The van der Waals surface area contributed by atoms with Crippen LogP contribution in [0.15, 0.2) is 18.2 Å². The van der Waals surface area contributed by atoms with Gasteiger partial charge in [-0.15, -0.1) is 0 Å². The van der Waals surface area contributed by atoms with Crippen LogP contribution < -0.4 is 9.64 Å². The van der Waals surface area contributed by atoms with E-state index in [1.54, 1.807) is 0 Å². The second-order valence-corrected chi connectivity index (χ2v) is 5.45. The predicted octanol–water partition coefficient (Wildman–Crippen LogP) is 3.09. The SMILES string of the molecule is CCOc1ccc(N(C)CC(CO)C(C)C)cc1C. The van der Waals surface area contributed by atoms with Crippen LogP contribution in [0.1, 0.15) is 26.3 Å². The van der Waals surface area contributed by atoms with Crippen molar-refractivity contribution in [3.05, 3.63) is 23.8 Å². The Labute approximate surface area is 117 Å². The largest absolute Gasteiger partial charge is 0.494 e. The molecule has 3 nitrogen and oxygen atoms in total. The highest BCUT2D eigenvalue weighted by Crippen LogP contribution is 2.25. The van der Waals surface area contributed by atoms with Crippen LogP contribution in [-0.4, -0.2) is 31.9 Å². The van der Waals surface area contributed by atoms with Crippen molar-refractivity contribution >= 4 is 5.69 Å². The zero-order valence-electron chi connectivity index (χ0n) is 12.8. The third kappa shape index (κ3) is 4.43. The van der Waals surface area contributed by atoms with Gasteiger partial charge in [-0.05, 0) is 43.5 Å². The van der Waals surface area contributed by atoms with Gasteiger partial charge < -0.3 is 14.7 Å². The average Bonchev–Trinajstić information content (AvgIpc) is 2.37. The molecule has 0 saturated carbocycles. The summed E-state index contributed by atoms with van der Waals surface area (Å²) in [4.78, 5) is 2.20. The van der Waals surface area contributed by atoms with Crippen LogP contribution in [0, 0.1) is 18.8 Å². The van der Waals surface area contributed by atoms with Crippen LogP contribution in [0.4, 0.5) is 5.69 Å². The maximum atomic E-state index is 9.41. The van der Waals surface area contributed by atoms with Gasteiger partial charge in [0.2, 0.25) is 0 Å². The molecular weight excluding hydrogens is 238 g/mol. The molecule has 0 bridgehead atoms. The van der Waals surface area contributed by atoms with Crippen LogP contribution >= 0.6 is 0 Å². The molecule has 0 amide bonds. The maximum absolute atomic E-state index is 9.41.